The number of nitrogens with one attached hydrogen (secondary N) is 2. The van der Waals surface area contributed by atoms with Crippen LogP contribution in [0.2, 0.25) is 10.0 Å². The molecule has 8 heteroatoms. The molecule has 1 aliphatic rings. The lowest BCUT2D eigenvalue weighted by Crippen LogP contribution is -2.46. The first-order valence-electron chi connectivity index (χ1n) is 6.81. The second kappa shape index (κ2) is 7.76. The van der Waals surface area contributed by atoms with Gasteiger partial charge in [0.1, 0.15) is 0 Å². The molecule has 0 unspecified atom stereocenters. The molecule has 118 valence electrons. The Kier molecular flexibility index (Phi) is 6.28. The third kappa shape index (κ3) is 5.73. The molecule has 21 heavy (non-hydrogen) atoms. The molecule has 0 atom stereocenters. The molecule has 1 saturated heterocycles. The predicted octanol–water partition coefficient (Wildman–Crippen LogP) is 1.32. The van der Waals surface area contributed by atoms with E-state index in [0.717, 1.165) is 32.7 Å². The summed E-state index contributed by atoms with van der Waals surface area (Å²) in [6.45, 7) is 4.96. The van der Waals surface area contributed by atoms with Crippen LogP contribution >= 0.6 is 23.2 Å². The van der Waals surface area contributed by atoms with Crippen LogP contribution in [0.5, 0.6) is 0 Å². The quantitative estimate of drug-likeness (QED) is 0.811. The van der Waals surface area contributed by atoms with Gasteiger partial charge in [-0.05, 0) is 17.7 Å². The molecule has 0 radical (unpaired) electrons. The van der Waals surface area contributed by atoms with Gasteiger partial charge in [0.15, 0.2) is 0 Å². The average Bonchev–Trinajstić information content (AvgIpc) is 2.43. The van der Waals surface area contributed by atoms with Crippen LogP contribution in [0.15, 0.2) is 18.2 Å². The predicted molar refractivity (Wildman–Crippen MR) is 86.4 cm³/mol. The Labute approximate surface area is 135 Å². The molecule has 0 bridgehead atoms. The minimum Gasteiger partial charge on any atom is -0.314 e. The first-order valence-corrected chi connectivity index (χ1v) is 9.21. The van der Waals surface area contributed by atoms with Crippen LogP contribution in [0.4, 0.5) is 0 Å². The topological polar surface area (TPSA) is 61.4 Å². The van der Waals surface area contributed by atoms with Crippen molar-refractivity contribution in [2.45, 2.75) is 5.75 Å². The molecule has 1 fully saturated rings. The van der Waals surface area contributed by atoms with E-state index in [2.05, 4.69) is 14.9 Å². The van der Waals surface area contributed by atoms with Crippen molar-refractivity contribution in [3.63, 3.8) is 0 Å². The van der Waals surface area contributed by atoms with E-state index in [0.29, 0.717) is 22.2 Å². The molecule has 1 aromatic carbocycles. The van der Waals surface area contributed by atoms with Gasteiger partial charge in [-0.15, -0.1) is 0 Å². The van der Waals surface area contributed by atoms with E-state index in [4.69, 9.17) is 23.2 Å². The molecule has 1 aliphatic heterocycles. The second-order valence-corrected chi connectivity index (χ2v) is 7.61. The summed E-state index contributed by atoms with van der Waals surface area (Å²) in [6, 6.07) is 4.86. The van der Waals surface area contributed by atoms with Gasteiger partial charge < -0.3 is 5.32 Å². The highest BCUT2D eigenvalue weighted by atomic mass is 35.5. The summed E-state index contributed by atoms with van der Waals surface area (Å²) in [7, 11) is -3.36. The molecule has 2 N–H and O–H groups in total. The largest absolute Gasteiger partial charge is 0.314 e. The van der Waals surface area contributed by atoms with Crippen molar-refractivity contribution in [1.82, 2.24) is 14.9 Å². The summed E-state index contributed by atoms with van der Waals surface area (Å²) >= 11 is 11.7. The third-order valence-corrected chi connectivity index (χ3v) is 5.40. The summed E-state index contributed by atoms with van der Waals surface area (Å²) < 4.78 is 26.7. The van der Waals surface area contributed by atoms with Crippen LogP contribution in [0.1, 0.15) is 5.56 Å². The standard InChI is InChI=1S/C13H19Cl2N3O2S/c14-12-2-1-11(9-13(12)15)10-21(19,20)17-5-8-18-6-3-16-4-7-18/h1-2,9,16-17H,3-8,10H2. The van der Waals surface area contributed by atoms with E-state index in [1.165, 1.54) is 0 Å². The zero-order chi connectivity index (χ0) is 15.3. The maximum Gasteiger partial charge on any atom is 0.215 e. The summed E-state index contributed by atoms with van der Waals surface area (Å²) in [5, 5.41) is 4.05. The minimum absolute atomic E-state index is 0.0918. The fourth-order valence-corrected chi connectivity index (χ4v) is 3.64. The van der Waals surface area contributed by atoms with Crippen molar-refractivity contribution in [2.24, 2.45) is 0 Å². The monoisotopic (exact) mass is 351 g/mol. The molecular formula is C13H19Cl2N3O2S. The maximum absolute atomic E-state index is 12.0. The zero-order valence-corrected chi connectivity index (χ0v) is 13.9. The van der Waals surface area contributed by atoms with Gasteiger partial charge in [-0.1, -0.05) is 29.3 Å². The zero-order valence-electron chi connectivity index (χ0n) is 11.6. The maximum atomic E-state index is 12.0. The fraction of sp³-hybridized carbons (Fsp3) is 0.538. The average molecular weight is 352 g/mol. The molecular weight excluding hydrogens is 333 g/mol. The Morgan fingerprint density at radius 3 is 2.57 bits per heavy atom. The van der Waals surface area contributed by atoms with E-state index in [1.54, 1.807) is 18.2 Å². The highest BCUT2D eigenvalue weighted by Gasteiger charge is 2.14. The normalized spacial score (nSPS) is 17.0. The van der Waals surface area contributed by atoms with Crippen LogP contribution in [0.3, 0.4) is 0 Å². The van der Waals surface area contributed by atoms with Crippen molar-refractivity contribution in [3.8, 4) is 0 Å². The first-order chi connectivity index (χ1) is 9.96. The summed E-state index contributed by atoms with van der Waals surface area (Å²) in [4.78, 5) is 2.23. The van der Waals surface area contributed by atoms with E-state index in [-0.39, 0.29) is 5.75 Å². The van der Waals surface area contributed by atoms with Crippen molar-refractivity contribution in [3.05, 3.63) is 33.8 Å². The Morgan fingerprint density at radius 2 is 1.90 bits per heavy atom. The van der Waals surface area contributed by atoms with Crippen LogP contribution in [-0.4, -0.2) is 52.6 Å². The number of sulfonamides is 1. The van der Waals surface area contributed by atoms with Gasteiger partial charge in [0, 0.05) is 39.3 Å². The van der Waals surface area contributed by atoms with Crippen molar-refractivity contribution >= 4 is 33.2 Å². The van der Waals surface area contributed by atoms with Gasteiger partial charge in [-0.3, -0.25) is 4.90 Å². The molecule has 0 saturated carbocycles. The SMILES string of the molecule is O=S(=O)(Cc1ccc(Cl)c(Cl)c1)NCCN1CCNCC1. The van der Waals surface area contributed by atoms with Crippen molar-refractivity contribution < 1.29 is 8.42 Å². The van der Waals surface area contributed by atoms with Gasteiger partial charge in [-0.2, -0.15) is 0 Å². The number of rotatable bonds is 6. The number of benzene rings is 1. The van der Waals surface area contributed by atoms with Gasteiger partial charge in [-0.25, -0.2) is 13.1 Å². The van der Waals surface area contributed by atoms with Crippen molar-refractivity contribution in [2.75, 3.05) is 39.3 Å². The Balaban J connectivity index is 1.82. The number of piperazine rings is 1. The van der Waals surface area contributed by atoms with E-state index in [9.17, 15) is 8.42 Å². The Morgan fingerprint density at radius 1 is 1.19 bits per heavy atom. The smallest absolute Gasteiger partial charge is 0.215 e. The van der Waals surface area contributed by atoms with Gasteiger partial charge >= 0.3 is 0 Å². The molecule has 0 amide bonds. The van der Waals surface area contributed by atoms with Gasteiger partial charge in [0.05, 0.1) is 15.8 Å². The molecule has 1 aromatic rings. The van der Waals surface area contributed by atoms with E-state index >= 15 is 0 Å². The number of hydrogen-bond acceptors (Lipinski definition) is 4. The van der Waals surface area contributed by atoms with Gasteiger partial charge in [0.2, 0.25) is 10.0 Å². The molecule has 0 aromatic heterocycles. The second-order valence-electron chi connectivity index (χ2n) is 4.99. The molecule has 2 rings (SSSR count). The van der Waals surface area contributed by atoms with E-state index in [1.807, 2.05) is 0 Å². The lowest BCUT2D eigenvalue weighted by Gasteiger charge is -2.27. The molecule has 0 aliphatic carbocycles. The highest BCUT2D eigenvalue weighted by molar-refractivity contribution is 7.88. The first kappa shape index (κ1) is 17.0. The number of nitrogens with zero attached hydrogens (tertiary/aromatic N) is 1. The molecule has 1 heterocycles. The van der Waals surface area contributed by atoms with Gasteiger partial charge in [0.25, 0.3) is 0 Å². The lowest BCUT2D eigenvalue weighted by molar-refractivity contribution is 0.245. The minimum atomic E-state index is -3.36. The summed E-state index contributed by atoms with van der Waals surface area (Å²) in [6.07, 6.45) is 0. The van der Waals surface area contributed by atoms with Crippen LogP contribution in [0.25, 0.3) is 0 Å². The molecule has 0 spiro atoms. The fourth-order valence-electron chi connectivity index (χ4n) is 2.19. The summed E-state index contributed by atoms with van der Waals surface area (Å²) in [5.74, 6) is -0.0918. The third-order valence-electron chi connectivity index (χ3n) is 3.30. The van der Waals surface area contributed by atoms with Crippen LogP contribution in [0, 0.1) is 0 Å². The Bertz CT molecular complexity index is 575. The highest BCUT2D eigenvalue weighted by Crippen LogP contribution is 2.23. The van der Waals surface area contributed by atoms with Crippen molar-refractivity contribution in [1.29, 1.82) is 0 Å². The lowest BCUT2D eigenvalue weighted by atomic mass is 10.2. The Hall–Kier alpha value is -0.370. The number of hydrogen-bond donors (Lipinski definition) is 2. The molecule has 5 nitrogen and oxygen atoms in total. The van der Waals surface area contributed by atoms with Crippen LogP contribution in [-0.2, 0) is 15.8 Å². The van der Waals surface area contributed by atoms with Crippen LogP contribution < -0.4 is 10.0 Å². The summed E-state index contributed by atoms with van der Waals surface area (Å²) in [5.41, 5.74) is 0.624. The van der Waals surface area contributed by atoms with E-state index < -0.39 is 10.0 Å². The number of halogens is 2.